The third kappa shape index (κ3) is 2.85. The number of hydrogen-bond donors (Lipinski definition) is 1. The molecule has 1 heterocycles. The molecule has 2 heteroatoms. The van der Waals surface area contributed by atoms with Gasteiger partial charge in [0, 0.05) is 18.7 Å². The fourth-order valence-corrected chi connectivity index (χ4v) is 3.79. The van der Waals surface area contributed by atoms with Crippen molar-refractivity contribution in [3.8, 4) is 0 Å². The lowest BCUT2D eigenvalue weighted by molar-refractivity contribution is 0.0765. The van der Waals surface area contributed by atoms with Gasteiger partial charge in [0.15, 0.2) is 0 Å². The van der Waals surface area contributed by atoms with Crippen LogP contribution in [-0.2, 0) is 4.74 Å². The molecule has 3 atom stereocenters. The van der Waals surface area contributed by atoms with Gasteiger partial charge < -0.3 is 10.1 Å². The minimum atomic E-state index is 0.543. The van der Waals surface area contributed by atoms with Crippen LogP contribution in [0.25, 0.3) is 0 Å². The molecule has 3 rings (SSSR count). The van der Waals surface area contributed by atoms with Crippen molar-refractivity contribution >= 4 is 0 Å². The lowest BCUT2D eigenvalue weighted by atomic mass is 9.84. The van der Waals surface area contributed by atoms with Crippen molar-refractivity contribution in [1.29, 1.82) is 0 Å². The lowest BCUT2D eigenvalue weighted by Gasteiger charge is -2.32. The Labute approximate surface area is 105 Å². The Morgan fingerprint density at radius 1 is 1.00 bits per heavy atom. The first kappa shape index (κ1) is 12.0. The quantitative estimate of drug-likeness (QED) is 0.811. The Balaban J connectivity index is 1.50. The molecular weight excluding hydrogens is 210 g/mol. The van der Waals surface area contributed by atoms with Crippen LogP contribution in [0.2, 0.25) is 0 Å². The van der Waals surface area contributed by atoms with Crippen LogP contribution in [0.15, 0.2) is 0 Å². The number of nitrogens with one attached hydrogen (secondary N) is 1. The molecule has 0 bridgehead atoms. The van der Waals surface area contributed by atoms with Gasteiger partial charge in [0.05, 0.1) is 6.10 Å². The van der Waals surface area contributed by atoms with Crippen molar-refractivity contribution in [2.24, 2.45) is 11.8 Å². The molecule has 2 nitrogen and oxygen atoms in total. The van der Waals surface area contributed by atoms with Gasteiger partial charge >= 0.3 is 0 Å². The fourth-order valence-electron chi connectivity index (χ4n) is 3.79. The summed E-state index contributed by atoms with van der Waals surface area (Å²) >= 11 is 0. The zero-order valence-corrected chi connectivity index (χ0v) is 11.2. The van der Waals surface area contributed by atoms with Gasteiger partial charge in [-0.05, 0) is 50.9 Å². The van der Waals surface area contributed by atoms with Gasteiger partial charge in [-0.1, -0.05) is 19.3 Å². The Bertz CT molecular complexity index is 245. The molecule has 0 spiro atoms. The third-order valence-corrected chi connectivity index (χ3v) is 5.06. The highest BCUT2D eigenvalue weighted by molar-refractivity contribution is 4.95. The molecule has 98 valence electrons. The predicted octanol–water partition coefficient (Wildman–Crippen LogP) is 3.11. The molecule has 17 heavy (non-hydrogen) atoms. The maximum absolute atomic E-state index is 5.92. The van der Waals surface area contributed by atoms with E-state index < -0.39 is 0 Å². The largest absolute Gasteiger partial charge is 0.376 e. The van der Waals surface area contributed by atoms with E-state index >= 15 is 0 Å². The van der Waals surface area contributed by atoms with E-state index in [1.165, 1.54) is 51.4 Å². The zero-order valence-electron chi connectivity index (χ0n) is 11.2. The van der Waals surface area contributed by atoms with Gasteiger partial charge in [-0.3, -0.25) is 0 Å². The van der Waals surface area contributed by atoms with Crippen LogP contribution >= 0.6 is 0 Å². The second kappa shape index (κ2) is 5.27. The lowest BCUT2D eigenvalue weighted by Crippen LogP contribution is -2.46. The standard InChI is InChI=1S/C15H27NO/c1-11(12-5-3-2-4-6-12)16-14-9-10-17-15(14)13-7-8-13/h11-16H,2-10H2,1H3. The van der Waals surface area contributed by atoms with Crippen LogP contribution in [0, 0.1) is 11.8 Å². The van der Waals surface area contributed by atoms with Crippen molar-refractivity contribution < 1.29 is 4.74 Å². The van der Waals surface area contributed by atoms with E-state index in [1.807, 2.05) is 0 Å². The first-order valence-electron chi connectivity index (χ1n) is 7.72. The van der Waals surface area contributed by atoms with Crippen LogP contribution < -0.4 is 5.32 Å². The van der Waals surface area contributed by atoms with Crippen molar-refractivity contribution in [3.63, 3.8) is 0 Å². The van der Waals surface area contributed by atoms with Crippen LogP contribution in [0.5, 0.6) is 0 Å². The highest BCUT2D eigenvalue weighted by Crippen LogP contribution is 2.39. The Morgan fingerprint density at radius 3 is 2.47 bits per heavy atom. The summed E-state index contributed by atoms with van der Waals surface area (Å²) in [4.78, 5) is 0. The van der Waals surface area contributed by atoms with Gasteiger partial charge in [0.1, 0.15) is 0 Å². The van der Waals surface area contributed by atoms with E-state index in [9.17, 15) is 0 Å². The van der Waals surface area contributed by atoms with E-state index in [2.05, 4.69) is 12.2 Å². The first-order chi connectivity index (χ1) is 8.34. The van der Waals surface area contributed by atoms with E-state index in [1.54, 1.807) is 0 Å². The smallest absolute Gasteiger partial charge is 0.0757 e. The van der Waals surface area contributed by atoms with E-state index in [4.69, 9.17) is 4.74 Å². The van der Waals surface area contributed by atoms with Crippen LogP contribution in [-0.4, -0.2) is 24.8 Å². The second-order valence-corrected chi connectivity index (χ2v) is 6.42. The summed E-state index contributed by atoms with van der Waals surface area (Å²) < 4.78 is 5.92. The molecule has 0 aromatic carbocycles. The van der Waals surface area contributed by atoms with Gasteiger partial charge in [-0.2, -0.15) is 0 Å². The predicted molar refractivity (Wildman–Crippen MR) is 70.0 cm³/mol. The van der Waals surface area contributed by atoms with E-state index in [0.717, 1.165) is 18.4 Å². The van der Waals surface area contributed by atoms with Crippen LogP contribution in [0.3, 0.4) is 0 Å². The molecule has 0 aromatic heterocycles. The summed E-state index contributed by atoms with van der Waals surface area (Å²) in [5.41, 5.74) is 0. The minimum absolute atomic E-state index is 0.543. The monoisotopic (exact) mass is 237 g/mol. The van der Waals surface area contributed by atoms with Crippen molar-refractivity contribution in [2.45, 2.75) is 76.5 Å². The van der Waals surface area contributed by atoms with E-state index in [0.29, 0.717) is 18.2 Å². The highest BCUT2D eigenvalue weighted by Gasteiger charge is 2.41. The SMILES string of the molecule is CC(NC1CCOC1C1CC1)C1CCCCC1. The molecule has 1 aliphatic heterocycles. The fraction of sp³-hybridized carbons (Fsp3) is 1.00. The Morgan fingerprint density at radius 2 is 1.76 bits per heavy atom. The molecule has 0 amide bonds. The molecule has 1 N–H and O–H groups in total. The molecule has 3 aliphatic rings. The molecule has 2 saturated carbocycles. The van der Waals surface area contributed by atoms with E-state index in [-0.39, 0.29) is 0 Å². The van der Waals surface area contributed by atoms with Crippen LogP contribution in [0.1, 0.15) is 58.3 Å². The number of rotatable bonds is 4. The molecule has 0 aromatic rings. The summed E-state index contributed by atoms with van der Waals surface area (Å²) in [5.74, 6) is 1.80. The Hall–Kier alpha value is -0.0800. The summed E-state index contributed by atoms with van der Waals surface area (Å²) in [6.45, 7) is 3.38. The summed E-state index contributed by atoms with van der Waals surface area (Å²) in [5, 5.41) is 3.89. The summed E-state index contributed by atoms with van der Waals surface area (Å²) in [7, 11) is 0. The molecule has 1 saturated heterocycles. The average molecular weight is 237 g/mol. The first-order valence-corrected chi connectivity index (χ1v) is 7.72. The molecule has 2 aliphatic carbocycles. The maximum atomic E-state index is 5.92. The van der Waals surface area contributed by atoms with Gasteiger partial charge in [0.2, 0.25) is 0 Å². The molecule has 3 fully saturated rings. The summed E-state index contributed by atoms with van der Waals surface area (Å²) in [6.07, 6.45) is 11.8. The minimum Gasteiger partial charge on any atom is -0.376 e. The summed E-state index contributed by atoms with van der Waals surface area (Å²) in [6, 6.07) is 1.35. The molecular formula is C15H27NO. The second-order valence-electron chi connectivity index (χ2n) is 6.42. The Kier molecular flexibility index (Phi) is 3.72. The molecule has 0 radical (unpaired) electrons. The number of ether oxygens (including phenoxy) is 1. The maximum Gasteiger partial charge on any atom is 0.0757 e. The van der Waals surface area contributed by atoms with Crippen molar-refractivity contribution in [1.82, 2.24) is 5.32 Å². The van der Waals surface area contributed by atoms with Gasteiger partial charge in [0.25, 0.3) is 0 Å². The number of hydrogen-bond acceptors (Lipinski definition) is 2. The zero-order chi connectivity index (χ0) is 11.7. The van der Waals surface area contributed by atoms with Gasteiger partial charge in [-0.15, -0.1) is 0 Å². The molecule has 3 unspecified atom stereocenters. The van der Waals surface area contributed by atoms with Gasteiger partial charge in [-0.25, -0.2) is 0 Å². The van der Waals surface area contributed by atoms with Crippen molar-refractivity contribution in [3.05, 3.63) is 0 Å². The van der Waals surface area contributed by atoms with Crippen molar-refractivity contribution in [2.75, 3.05) is 6.61 Å². The average Bonchev–Trinajstić information content (AvgIpc) is 3.11. The third-order valence-electron chi connectivity index (χ3n) is 5.06. The van der Waals surface area contributed by atoms with Crippen LogP contribution in [0.4, 0.5) is 0 Å². The normalized spacial score (nSPS) is 37.2. The topological polar surface area (TPSA) is 21.3 Å². The highest BCUT2D eigenvalue weighted by atomic mass is 16.5.